The monoisotopic (exact) mass is 381 g/mol. The largest absolute Gasteiger partial charge is 0.333 e. The Balaban J connectivity index is 0.00000576. The fourth-order valence-corrected chi connectivity index (χ4v) is 2.23. The van der Waals surface area contributed by atoms with E-state index in [-0.39, 0.29) is 30.8 Å². The summed E-state index contributed by atoms with van der Waals surface area (Å²) in [5, 5.41) is 5.05. The van der Waals surface area contributed by atoms with Crippen molar-refractivity contribution in [2.75, 3.05) is 32.0 Å². The lowest BCUT2D eigenvalue weighted by atomic mass is 10.1. The lowest BCUT2D eigenvalue weighted by Gasteiger charge is -2.25. The predicted molar refractivity (Wildman–Crippen MR) is 92.2 cm³/mol. The molecule has 0 spiro atoms. The standard InChI is InChI=1S/C16H22F3N3O2.ClH/c1-4-7-22(16(24)10(2)8-20-3)9-13(23)21-12-6-5-11(17)14(18)15(12)19;/h5-6,10,20H,4,7-9H2,1-3H3,(H,21,23);1H. The van der Waals surface area contributed by atoms with Gasteiger partial charge in [0.1, 0.15) is 0 Å². The van der Waals surface area contributed by atoms with Crippen LogP contribution < -0.4 is 10.6 Å². The Bertz CT molecular complexity index is 602. The lowest BCUT2D eigenvalue weighted by Crippen LogP contribution is -2.43. The zero-order chi connectivity index (χ0) is 18.3. The van der Waals surface area contributed by atoms with Crippen LogP contribution in [-0.2, 0) is 9.59 Å². The quantitative estimate of drug-likeness (QED) is 0.680. The fourth-order valence-electron chi connectivity index (χ4n) is 2.23. The minimum Gasteiger partial charge on any atom is -0.333 e. The molecule has 142 valence electrons. The molecule has 0 radical (unpaired) electrons. The second-order valence-electron chi connectivity index (χ2n) is 5.49. The summed E-state index contributed by atoms with van der Waals surface area (Å²) in [6.07, 6.45) is 0.644. The maximum Gasteiger partial charge on any atom is 0.244 e. The number of anilines is 1. The number of nitrogens with zero attached hydrogens (tertiary/aromatic N) is 1. The van der Waals surface area contributed by atoms with Crippen molar-refractivity contribution in [3.05, 3.63) is 29.6 Å². The molecule has 1 aromatic carbocycles. The minimum atomic E-state index is -1.66. The Morgan fingerprint density at radius 2 is 1.84 bits per heavy atom. The van der Waals surface area contributed by atoms with Crippen LogP contribution in [0, 0.1) is 23.4 Å². The molecule has 0 aliphatic rings. The van der Waals surface area contributed by atoms with E-state index in [1.54, 1.807) is 14.0 Å². The van der Waals surface area contributed by atoms with Crippen LogP contribution in [0.3, 0.4) is 0 Å². The summed E-state index contributed by atoms with van der Waals surface area (Å²) in [5.41, 5.74) is -0.467. The van der Waals surface area contributed by atoms with Crippen LogP contribution >= 0.6 is 12.4 Å². The Hall–Kier alpha value is -1.80. The SMILES string of the molecule is CCCN(CC(=O)Nc1ccc(F)c(F)c1F)C(=O)C(C)CNC.Cl. The second kappa shape index (κ2) is 10.9. The molecule has 0 aliphatic carbocycles. The number of benzene rings is 1. The maximum atomic E-state index is 13.6. The number of nitrogens with one attached hydrogen (secondary N) is 2. The van der Waals surface area contributed by atoms with Crippen molar-refractivity contribution >= 4 is 29.9 Å². The van der Waals surface area contributed by atoms with Gasteiger partial charge in [-0.15, -0.1) is 12.4 Å². The highest BCUT2D eigenvalue weighted by atomic mass is 35.5. The molecule has 1 rings (SSSR count). The highest BCUT2D eigenvalue weighted by molar-refractivity contribution is 5.94. The molecule has 1 atom stereocenters. The van der Waals surface area contributed by atoms with Crippen molar-refractivity contribution in [3.63, 3.8) is 0 Å². The Kier molecular flexibility index (Phi) is 10.2. The van der Waals surface area contributed by atoms with Crippen molar-refractivity contribution in [2.45, 2.75) is 20.3 Å². The van der Waals surface area contributed by atoms with E-state index in [1.807, 2.05) is 6.92 Å². The van der Waals surface area contributed by atoms with Crippen LogP contribution in [0.2, 0.25) is 0 Å². The minimum absolute atomic E-state index is 0. The van der Waals surface area contributed by atoms with Gasteiger partial charge in [0.2, 0.25) is 11.8 Å². The molecule has 0 aromatic heterocycles. The van der Waals surface area contributed by atoms with Crippen LogP contribution in [0.1, 0.15) is 20.3 Å². The number of amides is 2. The van der Waals surface area contributed by atoms with Gasteiger partial charge in [0.05, 0.1) is 12.2 Å². The van der Waals surface area contributed by atoms with Gasteiger partial charge >= 0.3 is 0 Å². The second-order valence-corrected chi connectivity index (χ2v) is 5.49. The van der Waals surface area contributed by atoms with Gasteiger partial charge in [0.25, 0.3) is 0 Å². The van der Waals surface area contributed by atoms with E-state index < -0.39 is 29.0 Å². The molecular formula is C16H23ClF3N3O2. The van der Waals surface area contributed by atoms with Crippen LogP contribution in [0.25, 0.3) is 0 Å². The van der Waals surface area contributed by atoms with Gasteiger partial charge < -0.3 is 15.5 Å². The molecule has 0 saturated heterocycles. The summed E-state index contributed by atoms with van der Waals surface area (Å²) in [6.45, 7) is 4.11. The van der Waals surface area contributed by atoms with Gasteiger partial charge in [-0.05, 0) is 25.6 Å². The van der Waals surface area contributed by atoms with Crippen molar-refractivity contribution in [1.82, 2.24) is 10.2 Å². The third-order valence-electron chi connectivity index (χ3n) is 3.38. The highest BCUT2D eigenvalue weighted by Crippen LogP contribution is 2.19. The van der Waals surface area contributed by atoms with Crippen molar-refractivity contribution < 1.29 is 22.8 Å². The summed E-state index contributed by atoms with van der Waals surface area (Å²) in [6, 6.07) is 1.65. The molecule has 2 amide bonds. The summed E-state index contributed by atoms with van der Waals surface area (Å²) >= 11 is 0. The average molecular weight is 382 g/mol. The number of hydrogen-bond acceptors (Lipinski definition) is 3. The molecule has 0 fully saturated rings. The molecule has 1 aromatic rings. The molecule has 25 heavy (non-hydrogen) atoms. The fraction of sp³-hybridized carbons (Fsp3) is 0.500. The van der Waals surface area contributed by atoms with Gasteiger partial charge in [-0.1, -0.05) is 13.8 Å². The smallest absolute Gasteiger partial charge is 0.244 e. The van der Waals surface area contributed by atoms with Crippen LogP contribution in [-0.4, -0.2) is 43.4 Å². The number of hydrogen-bond donors (Lipinski definition) is 2. The van der Waals surface area contributed by atoms with E-state index in [2.05, 4.69) is 10.6 Å². The molecule has 0 saturated carbocycles. The first-order valence-electron chi connectivity index (χ1n) is 7.68. The zero-order valence-corrected chi connectivity index (χ0v) is 15.2. The van der Waals surface area contributed by atoms with E-state index in [0.29, 0.717) is 19.5 Å². The van der Waals surface area contributed by atoms with Crippen molar-refractivity contribution in [1.29, 1.82) is 0 Å². The molecule has 1 unspecified atom stereocenters. The first-order chi connectivity index (χ1) is 11.3. The van der Waals surface area contributed by atoms with Crippen molar-refractivity contribution in [2.24, 2.45) is 5.92 Å². The van der Waals surface area contributed by atoms with Crippen LogP contribution in [0.15, 0.2) is 12.1 Å². The number of carbonyl (C=O) groups excluding carboxylic acids is 2. The summed E-state index contributed by atoms with van der Waals surface area (Å²) in [7, 11) is 1.71. The predicted octanol–water partition coefficient (Wildman–Crippen LogP) is 2.56. The highest BCUT2D eigenvalue weighted by Gasteiger charge is 2.22. The molecule has 0 heterocycles. The Morgan fingerprint density at radius 3 is 2.40 bits per heavy atom. The normalized spacial score (nSPS) is 11.4. The van der Waals surface area contributed by atoms with Gasteiger partial charge in [-0.3, -0.25) is 9.59 Å². The number of halogens is 4. The van der Waals surface area contributed by atoms with E-state index in [9.17, 15) is 22.8 Å². The third kappa shape index (κ3) is 6.55. The lowest BCUT2D eigenvalue weighted by molar-refractivity contribution is -0.137. The van der Waals surface area contributed by atoms with Crippen LogP contribution in [0.4, 0.5) is 18.9 Å². The third-order valence-corrected chi connectivity index (χ3v) is 3.38. The summed E-state index contributed by atoms with van der Waals surface area (Å²) < 4.78 is 39.6. The first-order valence-corrected chi connectivity index (χ1v) is 7.68. The summed E-state index contributed by atoms with van der Waals surface area (Å²) in [5.74, 6) is -5.69. The average Bonchev–Trinajstić information content (AvgIpc) is 2.54. The van der Waals surface area contributed by atoms with Crippen LogP contribution in [0.5, 0.6) is 0 Å². The van der Waals surface area contributed by atoms with Gasteiger partial charge in [0.15, 0.2) is 17.5 Å². The van der Waals surface area contributed by atoms with Gasteiger partial charge in [-0.25, -0.2) is 13.2 Å². The van der Waals surface area contributed by atoms with Gasteiger partial charge in [0, 0.05) is 19.0 Å². The molecule has 5 nitrogen and oxygen atoms in total. The van der Waals surface area contributed by atoms with Crippen molar-refractivity contribution in [3.8, 4) is 0 Å². The number of carbonyl (C=O) groups is 2. The van der Waals surface area contributed by atoms with E-state index in [1.165, 1.54) is 4.90 Å². The number of rotatable bonds is 8. The Labute approximate surface area is 151 Å². The first kappa shape index (κ1) is 23.2. The molecule has 0 bridgehead atoms. The Morgan fingerprint density at radius 1 is 1.20 bits per heavy atom. The summed E-state index contributed by atoms with van der Waals surface area (Å²) in [4.78, 5) is 25.7. The van der Waals surface area contributed by atoms with E-state index in [0.717, 1.165) is 12.1 Å². The molecule has 2 N–H and O–H groups in total. The zero-order valence-electron chi connectivity index (χ0n) is 14.4. The topological polar surface area (TPSA) is 61.4 Å². The van der Waals surface area contributed by atoms with E-state index in [4.69, 9.17) is 0 Å². The van der Waals surface area contributed by atoms with E-state index >= 15 is 0 Å². The molecular weight excluding hydrogens is 359 g/mol. The maximum absolute atomic E-state index is 13.6. The van der Waals surface area contributed by atoms with Gasteiger partial charge in [-0.2, -0.15) is 0 Å². The molecule has 9 heteroatoms. The molecule has 0 aliphatic heterocycles.